The lowest BCUT2D eigenvalue weighted by molar-refractivity contribution is 0.0729. The molecule has 2 heterocycles. The van der Waals surface area contributed by atoms with Gasteiger partial charge in [-0.15, -0.1) is 0 Å². The molecule has 1 aromatic carbocycles. The molecule has 1 saturated heterocycles. The lowest BCUT2D eigenvalue weighted by Crippen LogP contribution is -2.40. The molecule has 0 radical (unpaired) electrons. The zero-order valence-electron chi connectivity index (χ0n) is 15.0. The van der Waals surface area contributed by atoms with Crippen molar-refractivity contribution in [1.82, 2.24) is 9.29 Å². The third-order valence-corrected chi connectivity index (χ3v) is 6.13. The maximum absolute atomic E-state index is 14.2. The van der Waals surface area contributed by atoms with Crippen molar-refractivity contribution in [3.8, 4) is 6.07 Å². The highest BCUT2D eigenvalue weighted by Crippen LogP contribution is 2.24. The number of hydrogen-bond donors (Lipinski definition) is 1. The summed E-state index contributed by atoms with van der Waals surface area (Å²) in [4.78, 5) is 15.9. The predicted octanol–water partition coefficient (Wildman–Crippen LogP) is 1.67. The highest BCUT2D eigenvalue weighted by molar-refractivity contribution is 7.89. The molecule has 2 aromatic rings. The van der Waals surface area contributed by atoms with Gasteiger partial charge < -0.3 is 10.1 Å². The summed E-state index contributed by atoms with van der Waals surface area (Å²) in [7, 11) is -4.06. The number of hydrogen-bond acceptors (Lipinski definition) is 6. The van der Waals surface area contributed by atoms with E-state index in [2.05, 4.69) is 10.3 Å². The molecular weight excluding hydrogens is 387 g/mol. The summed E-state index contributed by atoms with van der Waals surface area (Å²) in [5, 5.41) is 11.4. The first kappa shape index (κ1) is 19.9. The first-order chi connectivity index (χ1) is 13.3. The number of rotatable bonds is 4. The van der Waals surface area contributed by atoms with Crippen LogP contribution in [0, 0.1) is 24.1 Å². The Labute approximate surface area is 161 Å². The van der Waals surface area contributed by atoms with Gasteiger partial charge in [0.2, 0.25) is 10.0 Å². The number of aryl methyl sites for hydroxylation is 1. The number of ether oxygens (including phenoxy) is 1. The molecule has 8 nitrogen and oxygen atoms in total. The van der Waals surface area contributed by atoms with Crippen LogP contribution in [0.3, 0.4) is 0 Å². The lowest BCUT2D eigenvalue weighted by atomic mass is 10.2. The zero-order valence-corrected chi connectivity index (χ0v) is 15.8. The fraction of sp³-hybridized carbons (Fsp3) is 0.278. The molecule has 146 valence electrons. The summed E-state index contributed by atoms with van der Waals surface area (Å²) in [6.07, 6.45) is 0. The Kier molecular flexibility index (Phi) is 5.69. The Balaban J connectivity index is 1.86. The molecule has 0 bridgehead atoms. The molecule has 1 aromatic heterocycles. The summed E-state index contributed by atoms with van der Waals surface area (Å²) in [6, 6.07) is 8.14. The summed E-state index contributed by atoms with van der Waals surface area (Å²) < 4.78 is 45.9. The number of anilines is 1. The number of sulfonamides is 1. The van der Waals surface area contributed by atoms with Crippen LogP contribution in [0.4, 0.5) is 10.1 Å². The van der Waals surface area contributed by atoms with Crippen LogP contribution in [0.25, 0.3) is 0 Å². The number of aromatic nitrogens is 1. The van der Waals surface area contributed by atoms with Crippen molar-refractivity contribution in [2.24, 2.45) is 0 Å². The number of nitrogens with one attached hydrogen (secondary N) is 1. The van der Waals surface area contributed by atoms with E-state index in [9.17, 15) is 17.6 Å². The van der Waals surface area contributed by atoms with Gasteiger partial charge in [-0.3, -0.25) is 4.79 Å². The quantitative estimate of drug-likeness (QED) is 0.830. The van der Waals surface area contributed by atoms with Gasteiger partial charge in [-0.2, -0.15) is 9.57 Å². The summed E-state index contributed by atoms with van der Waals surface area (Å²) >= 11 is 0. The van der Waals surface area contributed by atoms with Crippen LogP contribution >= 0.6 is 0 Å². The molecule has 1 aliphatic heterocycles. The highest BCUT2D eigenvalue weighted by atomic mass is 32.2. The lowest BCUT2D eigenvalue weighted by Gasteiger charge is -2.26. The number of carbonyl (C=O) groups excluding carboxylic acids is 1. The van der Waals surface area contributed by atoms with Crippen molar-refractivity contribution in [3.05, 3.63) is 53.1 Å². The van der Waals surface area contributed by atoms with E-state index in [0.717, 1.165) is 16.4 Å². The maximum atomic E-state index is 14.2. The van der Waals surface area contributed by atoms with Gasteiger partial charge in [0.15, 0.2) is 0 Å². The largest absolute Gasteiger partial charge is 0.379 e. The minimum atomic E-state index is -4.06. The molecule has 0 aliphatic carbocycles. The van der Waals surface area contributed by atoms with Crippen molar-refractivity contribution in [2.75, 3.05) is 31.6 Å². The molecule has 28 heavy (non-hydrogen) atoms. The predicted molar refractivity (Wildman–Crippen MR) is 97.6 cm³/mol. The Morgan fingerprint density at radius 3 is 2.64 bits per heavy atom. The molecule has 0 atom stereocenters. The van der Waals surface area contributed by atoms with Gasteiger partial charge in [0, 0.05) is 18.8 Å². The van der Waals surface area contributed by atoms with Gasteiger partial charge >= 0.3 is 0 Å². The van der Waals surface area contributed by atoms with Crippen LogP contribution in [0.15, 0.2) is 35.2 Å². The SMILES string of the molecule is Cc1nc(C(=O)Nc2ccc(F)c(S(=O)(=O)N3CCOCC3)c2)ccc1C#N. The number of benzene rings is 1. The van der Waals surface area contributed by atoms with Crippen molar-refractivity contribution < 1.29 is 22.3 Å². The first-order valence-corrected chi connectivity index (χ1v) is 9.83. The molecular formula is C18H17FN4O4S. The van der Waals surface area contributed by atoms with E-state index in [4.69, 9.17) is 10.00 Å². The van der Waals surface area contributed by atoms with Crippen LogP contribution in [0.2, 0.25) is 0 Å². The zero-order chi connectivity index (χ0) is 20.3. The minimum absolute atomic E-state index is 0.0541. The molecule has 1 fully saturated rings. The van der Waals surface area contributed by atoms with Gasteiger partial charge in [0.1, 0.15) is 22.5 Å². The van der Waals surface area contributed by atoms with Crippen LogP contribution in [-0.4, -0.2) is 49.9 Å². The number of pyridine rings is 1. The number of carbonyl (C=O) groups is 1. The third-order valence-electron chi connectivity index (χ3n) is 4.22. The van der Waals surface area contributed by atoms with Gasteiger partial charge in [-0.25, -0.2) is 17.8 Å². The molecule has 1 amide bonds. The average molecular weight is 404 g/mol. The third kappa shape index (κ3) is 4.01. The molecule has 0 saturated carbocycles. The topological polar surface area (TPSA) is 112 Å². The molecule has 0 unspecified atom stereocenters. The molecule has 1 aliphatic rings. The number of morpholine rings is 1. The number of amides is 1. The van der Waals surface area contributed by atoms with Crippen molar-refractivity contribution in [1.29, 1.82) is 5.26 Å². The van der Waals surface area contributed by atoms with E-state index in [1.165, 1.54) is 18.2 Å². The smallest absolute Gasteiger partial charge is 0.274 e. The summed E-state index contributed by atoms with van der Waals surface area (Å²) in [6.45, 7) is 2.34. The van der Waals surface area contributed by atoms with E-state index in [1.807, 2.05) is 6.07 Å². The second kappa shape index (κ2) is 8.02. The summed E-state index contributed by atoms with van der Waals surface area (Å²) in [5.41, 5.74) is 0.905. The Morgan fingerprint density at radius 1 is 1.29 bits per heavy atom. The highest BCUT2D eigenvalue weighted by Gasteiger charge is 2.29. The summed E-state index contributed by atoms with van der Waals surface area (Å²) in [5.74, 6) is -1.51. The first-order valence-electron chi connectivity index (χ1n) is 8.39. The van der Waals surface area contributed by atoms with E-state index >= 15 is 0 Å². The van der Waals surface area contributed by atoms with Crippen LogP contribution < -0.4 is 5.32 Å². The van der Waals surface area contributed by atoms with Crippen LogP contribution in [0.1, 0.15) is 21.7 Å². The van der Waals surface area contributed by atoms with Gasteiger partial charge in [-0.05, 0) is 37.3 Å². The fourth-order valence-electron chi connectivity index (χ4n) is 2.71. The number of halogens is 1. The molecule has 3 rings (SSSR count). The Hall–Kier alpha value is -2.87. The fourth-order valence-corrected chi connectivity index (χ4v) is 4.20. The second-order valence-corrected chi connectivity index (χ2v) is 7.96. The monoisotopic (exact) mass is 404 g/mol. The standard InChI is InChI=1S/C18H17FN4O4S/c1-12-13(11-20)2-5-16(21-12)18(24)22-14-3-4-15(19)17(10-14)28(25,26)23-6-8-27-9-7-23/h2-5,10H,6-9H2,1H3,(H,22,24). The van der Waals surface area contributed by atoms with Gasteiger partial charge in [0.05, 0.1) is 24.5 Å². The number of nitriles is 1. The van der Waals surface area contributed by atoms with Crippen molar-refractivity contribution in [3.63, 3.8) is 0 Å². The molecule has 0 spiro atoms. The maximum Gasteiger partial charge on any atom is 0.274 e. The molecule has 10 heteroatoms. The van der Waals surface area contributed by atoms with Crippen LogP contribution in [0.5, 0.6) is 0 Å². The number of nitrogens with zero attached hydrogens (tertiary/aromatic N) is 3. The Bertz CT molecular complexity index is 1060. The van der Waals surface area contributed by atoms with Gasteiger partial charge in [-0.1, -0.05) is 0 Å². The van der Waals surface area contributed by atoms with Crippen LogP contribution in [-0.2, 0) is 14.8 Å². The van der Waals surface area contributed by atoms with E-state index in [1.54, 1.807) is 6.92 Å². The van der Waals surface area contributed by atoms with Crippen molar-refractivity contribution in [2.45, 2.75) is 11.8 Å². The van der Waals surface area contributed by atoms with Gasteiger partial charge in [0.25, 0.3) is 5.91 Å². The van der Waals surface area contributed by atoms with E-state index < -0.39 is 26.6 Å². The Morgan fingerprint density at radius 2 is 2.00 bits per heavy atom. The second-order valence-electron chi connectivity index (χ2n) is 6.06. The van der Waals surface area contributed by atoms with E-state index in [0.29, 0.717) is 11.3 Å². The molecule has 1 N–H and O–H groups in total. The minimum Gasteiger partial charge on any atom is -0.379 e. The van der Waals surface area contributed by atoms with Crippen molar-refractivity contribution >= 4 is 21.6 Å². The average Bonchev–Trinajstić information content (AvgIpc) is 2.69. The van der Waals surface area contributed by atoms with E-state index in [-0.39, 0.29) is 37.7 Å². The normalized spacial score (nSPS) is 15.0.